The van der Waals surface area contributed by atoms with Gasteiger partial charge in [0.15, 0.2) is 0 Å². The summed E-state index contributed by atoms with van der Waals surface area (Å²) >= 11 is 1.82. The Morgan fingerprint density at radius 3 is 2.21 bits per heavy atom. The summed E-state index contributed by atoms with van der Waals surface area (Å²) < 4.78 is 26.7. The zero-order valence-corrected chi connectivity index (χ0v) is 8.49. The van der Waals surface area contributed by atoms with Crippen LogP contribution in [-0.2, 0) is 0 Å². The highest BCUT2D eigenvalue weighted by molar-refractivity contribution is 7.99. The van der Waals surface area contributed by atoms with Gasteiger partial charge in [-0.1, -0.05) is 6.07 Å². The molecule has 1 aliphatic heterocycles. The molecule has 0 aromatic heterocycles. The molecular weight excluding hydrogens is 204 g/mol. The van der Waals surface area contributed by atoms with Gasteiger partial charge in [-0.15, -0.1) is 0 Å². The fourth-order valence-electron chi connectivity index (χ4n) is 1.58. The third-order valence-electron chi connectivity index (χ3n) is 2.26. The number of nitrogens with zero attached hydrogens (tertiary/aromatic N) is 1. The van der Waals surface area contributed by atoms with Crippen LogP contribution < -0.4 is 4.90 Å². The van der Waals surface area contributed by atoms with Crippen LogP contribution in [0.1, 0.15) is 0 Å². The van der Waals surface area contributed by atoms with Gasteiger partial charge >= 0.3 is 0 Å². The molecule has 0 unspecified atom stereocenters. The Labute approximate surface area is 86.1 Å². The highest BCUT2D eigenvalue weighted by atomic mass is 32.2. The molecule has 0 N–H and O–H groups in total. The van der Waals surface area contributed by atoms with Crippen LogP contribution >= 0.6 is 11.8 Å². The van der Waals surface area contributed by atoms with Crippen molar-refractivity contribution >= 4 is 17.4 Å². The first-order valence-electron chi connectivity index (χ1n) is 4.56. The van der Waals surface area contributed by atoms with Crippen molar-refractivity contribution in [2.45, 2.75) is 0 Å². The molecule has 0 atom stereocenters. The lowest BCUT2D eigenvalue weighted by molar-refractivity contribution is 0.573. The lowest BCUT2D eigenvalue weighted by Gasteiger charge is -2.28. The maximum Gasteiger partial charge on any atom is 0.149 e. The molecule has 1 heterocycles. The molecule has 0 radical (unpaired) electrons. The summed E-state index contributed by atoms with van der Waals surface area (Å²) in [6.07, 6.45) is 0. The molecule has 76 valence electrons. The van der Waals surface area contributed by atoms with Gasteiger partial charge in [0.1, 0.15) is 17.3 Å². The standard InChI is InChI=1S/C10H11F2NS/c11-8-2-1-3-9(12)10(8)13-4-6-14-7-5-13/h1-3H,4-7H2. The van der Waals surface area contributed by atoms with Crippen LogP contribution in [0.2, 0.25) is 0 Å². The summed E-state index contributed by atoms with van der Waals surface area (Å²) in [5, 5.41) is 0. The van der Waals surface area contributed by atoms with Gasteiger partial charge in [0.25, 0.3) is 0 Å². The van der Waals surface area contributed by atoms with Crippen LogP contribution in [0.3, 0.4) is 0 Å². The second-order valence-corrected chi connectivity index (χ2v) is 4.39. The van der Waals surface area contributed by atoms with E-state index in [4.69, 9.17) is 0 Å². The molecule has 1 fully saturated rings. The van der Waals surface area contributed by atoms with E-state index in [-0.39, 0.29) is 5.69 Å². The topological polar surface area (TPSA) is 3.24 Å². The molecule has 1 nitrogen and oxygen atoms in total. The second kappa shape index (κ2) is 4.17. The summed E-state index contributed by atoms with van der Waals surface area (Å²) in [6, 6.07) is 4.01. The van der Waals surface area contributed by atoms with Crippen LogP contribution in [0.4, 0.5) is 14.5 Å². The van der Waals surface area contributed by atoms with E-state index in [0.29, 0.717) is 0 Å². The Hall–Kier alpha value is -0.770. The number of halogens is 2. The number of hydrogen-bond donors (Lipinski definition) is 0. The van der Waals surface area contributed by atoms with Crippen LogP contribution in [0.15, 0.2) is 18.2 Å². The van der Waals surface area contributed by atoms with E-state index in [0.717, 1.165) is 24.6 Å². The minimum absolute atomic E-state index is 0.132. The van der Waals surface area contributed by atoms with Crippen molar-refractivity contribution in [3.63, 3.8) is 0 Å². The van der Waals surface area contributed by atoms with Crippen molar-refractivity contribution in [1.82, 2.24) is 0 Å². The van der Waals surface area contributed by atoms with E-state index in [1.54, 1.807) is 4.90 Å². The molecule has 4 heteroatoms. The van der Waals surface area contributed by atoms with Crippen molar-refractivity contribution in [3.05, 3.63) is 29.8 Å². The average Bonchev–Trinajstić information content (AvgIpc) is 2.19. The fraction of sp³-hybridized carbons (Fsp3) is 0.400. The Morgan fingerprint density at radius 2 is 1.64 bits per heavy atom. The predicted octanol–water partition coefficient (Wildman–Crippen LogP) is 2.52. The lowest BCUT2D eigenvalue weighted by atomic mass is 10.2. The summed E-state index contributed by atoms with van der Waals surface area (Å²) in [7, 11) is 0. The first-order valence-corrected chi connectivity index (χ1v) is 5.71. The first-order chi connectivity index (χ1) is 6.79. The molecule has 1 aromatic rings. The van der Waals surface area contributed by atoms with Gasteiger partial charge in [-0.25, -0.2) is 8.78 Å². The number of thioether (sulfide) groups is 1. The molecular formula is C10H11F2NS. The maximum atomic E-state index is 13.3. The predicted molar refractivity (Wildman–Crippen MR) is 55.9 cm³/mol. The molecule has 0 bridgehead atoms. The summed E-state index contributed by atoms with van der Waals surface area (Å²) in [6.45, 7) is 1.45. The zero-order chi connectivity index (χ0) is 9.97. The number of para-hydroxylation sites is 1. The van der Waals surface area contributed by atoms with Crippen LogP contribution in [0, 0.1) is 11.6 Å². The van der Waals surface area contributed by atoms with Gasteiger partial charge in [-0.2, -0.15) is 11.8 Å². The normalized spacial score (nSPS) is 17.1. The highest BCUT2D eigenvalue weighted by Crippen LogP contribution is 2.25. The SMILES string of the molecule is Fc1cccc(F)c1N1CCSCC1. The van der Waals surface area contributed by atoms with E-state index < -0.39 is 11.6 Å². The van der Waals surface area contributed by atoms with Crippen molar-refractivity contribution in [2.75, 3.05) is 29.5 Å². The zero-order valence-electron chi connectivity index (χ0n) is 7.67. The van der Waals surface area contributed by atoms with Crippen LogP contribution in [-0.4, -0.2) is 24.6 Å². The maximum absolute atomic E-state index is 13.3. The van der Waals surface area contributed by atoms with Gasteiger partial charge in [0.2, 0.25) is 0 Å². The summed E-state index contributed by atoms with van der Waals surface area (Å²) in [4.78, 5) is 1.78. The summed E-state index contributed by atoms with van der Waals surface area (Å²) in [5.74, 6) is 0.954. The monoisotopic (exact) mass is 215 g/mol. The quantitative estimate of drug-likeness (QED) is 0.708. The Bertz CT molecular complexity index is 304. The second-order valence-electron chi connectivity index (χ2n) is 3.17. The third-order valence-corrected chi connectivity index (χ3v) is 3.21. The van der Waals surface area contributed by atoms with Gasteiger partial charge in [-0.3, -0.25) is 0 Å². The Kier molecular flexibility index (Phi) is 2.91. The van der Waals surface area contributed by atoms with Crippen molar-refractivity contribution in [2.24, 2.45) is 0 Å². The molecule has 1 saturated heterocycles. The molecule has 0 amide bonds. The van der Waals surface area contributed by atoms with Gasteiger partial charge in [0, 0.05) is 24.6 Å². The van der Waals surface area contributed by atoms with Crippen LogP contribution in [0.25, 0.3) is 0 Å². The molecule has 0 saturated carbocycles. The minimum atomic E-state index is -0.461. The largest absolute Gasteiger partial charge is 0.365 e. The highest BCUT2D eigenvalue weighted by Gasteiger charge is 2.18. The van der Waals surface area contributed by atoms with E-state index in [2.05, 4.69) is 0 Å². The van der Waals surface area contributed by atoms with Gasteiger partial charge in [-0.05, 0) is 12.1 Å². The van der Waals surface area contributed by atoms with Crippen LogP contribution in [0.5, 0.6) is 0 Å². The number of rotatable bonds is 1. The number of benzene rings is 1. The molecule has 14 heavy (non-hydrogen) atoms. The van der Waals surface area contributed by atoms with Crippen molar-refractivity contribution in [3.8, 4) is 0 Å². The number of anilines is 1. The Balaban J connectivity index is 2.29. The number of hydrogen-bond acceptors (Lipinski definition) is 2. The van der Waals surface area contributed by atoms with Crippen molar-refractivity contribution in [1.29, 1.82) is 0 Å². The van der Waals surface area contributed by atoms with Crippen molar-refractivity contribution < 1.29 is 8.78 Å². The molecule has 1 aliphatic rings. The van der Waals surface area contributed by atoms with E-state index >= 15 is 0 Å². The van der Waals surface area contributed by atoms with Gasteiger partial charge in [0.05, 0.1) is 0 Å². The summed E-state index contributed by atoms with van der Waals surface area (Å²) in [5.41, 5.74) is 0.132. The fourth-order valence-corrected chi connectivity index (χ4v) is 2.48. The molecule has 0 aliphatic carbocycles. The van der Waals surface area contributed by atoms with E-state index in [9.17, 15) is 8.78 Å². The minimum Gasteiger partial charge on any atom is -0.365 e. The molecule has 1 aromatic carbocycles. The molecule has 2 rings (SSSR count). The average molecular weight is 215 g/mol. The lowest BCUT2D eigenvalue weighted by Crippen LogP contribution is -2.33. The third kappa shape index (κ3) is 1.85. The first kappa shape index (κ1) is 9.77. The van der Waals surface area contributed by atoms with Gasteiger partial charge < -0.3 is 4.90 Å². The Morgan fingerprint density at radius 1 is 1.07 bits per heavy atom. The van der Waals surface area contributed by atoms with E-state index in [1.807, 2.05) is 11.8 Å². The molecule has 0 spiro atoms. The van der Waals surface area contributed by atoms with E-state index in [1.165, 1.54) is 18.2 Å². The smallest absolute Gasteiger partial charge is 0.149 e.